The van der Waals surface area contributed by atoms with E-state index in [4.69, 9.17) is 5.73 Å². The number of carbonyl (C=O) groups is 1. The summed E-state index contributed by atoms with van der Waals surface area (Å²) in [6.45, 7) is 2.59. The van der Waals surface area contributed by atoms with Crippen LogP contribution in [0.2, 0.25) is 0 Å². The smallest absolute Gasteiger partial charge is 0.246 e. The summed E-state index contributed by atoms with van der Waals surface area (Å²) in [5.74, 6) is 0.405. The molecule has 3 aromatic rings. The molecule has 0 bridgehead atoms. The van der Waals surface area contributed by atoms with Crippen molar-refractivity contribution in [3.63, 3.8) is 0 Å². The maximum absolute atomic E-state index is 12.3. The topological polar surface area (TPSA) is 75.0 Å². The average Bonchev–Trinajstić information content (AvgIpc) is 2.90. The van der Waals surface area contributed by atoms with Gasteiger partial charge < -0.3 is 15.6 Å². The van der Waals surface area contributed by atoms with Crippen LogP contribution in [0, 0.1) is 6.92 Å². The molecule has 0 saturated carbocycles. The summed E-state index contributed by atoms with van der Waals surface area (Å²) in [4.78, 5) is 21.4. The van der Waals surface area contributed by atoms with Crippen molar-refractivity contribution in [3.8, 4) is 0 Å². The van der Waals surface area contributed by atoms with Gasteiger partial charge in [0.25, 0.3) is 0 Å². The summed E-state index contributed by atoms with van der Waals surface area (Å²) in [6.07, 6.45) is 4.94. The molecule has 0 aliphatic carbocycles. The number of hydrogen-bond acceptors (Lipinski definition) is 3. The molecule has 0 radical (unpaired) electrons. The molecule has 122 valence electrons. The minimum Gasteiger partial charge on any atom is -0.384 e. The molecular weight excluding hydrogens is 300 g/mol. The van der Waals surface area contributed by atoms with E-state index in [0.29, 0.717) is 12.4 Å². The van der Waals surface area contributed by atoms with Crippen LogP contribution >= 0.6 is 0 Å². The maximum Gasteiger partial charge on any atom is 0.246 e. The van der Waals surface area contributed by atoms with Gasteiger partial charge >= 0.3 is 0 Å². The van der Waals surface area contributed by atoms with Gasteiger partial charge in [0.1, 0.15) is 5.82 Å². The SMILES string of the molecule is Cc1[nH]c2ccccc2c1CN(C)C(=O)/C=C/c1ccc(N)nc1. The number of nitrogens with two attached hydrogens (primary N) is 1. The standard InChI is InChI=1S/C19H20N4O/c1-13-16(15-5-3-4-6-17(15)22-13)12-23(2)19(24)10-8-14-7-9-18(20)21-11-14/h3-11,22H,12H2,1-2H3,(H2,20,21)/b10-8+. The Bertz CT molecular complexity index is 893. The van der Waals surface area contributed by atoms with E-state index >= 15 is 0 Å². The lowest BCUT2D eigenvalue weighted by Gasteiger charge is -2.15. The molecule has 5 heteroatoms. The number of nitrogens with one attached hydrogen (secondary N) is 1. The lowest BCUT2D eigenvalue weighted by molar-refractivity contribution is -0.125. The molecule has 1 aromatic carbocycles. The molecule has 0 unspecified atom stereocenters. The lowest BCUT2D eigenvalue weighted by Crippen LogP contribution is -2.24. The number of benzene rings is 1. The summed E-state index contributed by atoms with van der Waals surface area (Å²) >= 11 is 0. The second-order valence-electron chi connectivity index (χ2n) is 5.82. The van der Waals surface area contributed by atoms with Gasteiger partial charge in [-0.05, 0) is 42.3 Å². The van der Waals surface area contributed by atoms with Gasteiger partial charge in [-0.3, -0.25) is 4.79 Å². The third-order valence-corrected chi connectivity index (χ3v) is 4.03. The molecule has 0 aliphatic heterocycles. The van der Waals surface area contributed by atoms with Gasteiger partial charge in [-0.25, -0.2) is 4.98 Å². The van der Waals surface area contributed by atoms with Crippen LogP contribution in [-0.4, -0.2) is 27.8 Å². The lowest BCUT2D eigenvalue weighted by atomic mass is 10.1. The van der Waals surface area contributed by atoms with Crippen LogP contribution in [0.5, 0.6) is 0 Å². The van der Waals surface area contributed by atoms with E-state index in [1.54, 1.807) is 36.4 Å². The van der Waals surface area contributed by atoms with Gasteiger partial charge in [0.2, 0.25) is 5.91 Å². The Hall–Kier alpha value is -3.08. The third-order valence-electron chi connectivity index (χ3n) is 4.03. The number of H-pyrrole nitrogens is 1. The highest BCUT2D eigenvalue weighted by Crippen LogP contribution is 2.23. The third kappa shape index (κ3) is 3.30. The fourth-order valence-electron chi connectivity index (χ4n) is 2.66. The zero-order valence-corrected chi connectivity index (χ0v) is 13.8. The maximum atomic E-state index is 12.3. The normalized spacial score (nSPS) is 11.2. The van der Waals surface area contributed by atoms with Gasteiger partial charge in [0.15, 0.2) is 0 Å². The minimum absolute atomic E-state index is 0.0588. The summed E-state index contributed by atoms with van der Waals surface area (Å²) in [5, 5.41) is 1.15. The molecule has 3 N–H and O–H groups in total. The number of pyridine rings is 1. The van der Waals surface area contributed by atoms with Gasteiger partial charge in [-0.2, -0.15) is 0 Å². The molecule has 2 aromatic heterocycles. The first kappa shape index (κ1) is 15.8. The van der Waals surface area contributed by atoms with E-state index in [1.165, 1.54) is 0 Å². The van der Waals surface area contributed by atoms with Crippen LogP contribution in [0.15, 0.2) is 48.7 Å². The second kappa shape index (κ2) is 6.58. The van der Waals surface area contributed by atoms with E-state index in [1.807, 2.05) is 31.2 Å². The summed E-state index contributed by atoms with van der Waals surface area (Å²) in [6, 6.07) is 11.7. The molecule has 3 rings (SSSR count). The molecule has 5 nitrogen and oxygen atoms in total. The van der Waals surface area contributed by atoms with Crippen LogP contribution in [0.25, 0.3) is 17.0 Å². The van der Waals surface area contributed by atoms with E-state index in [2.05, 4.69) is 16.0 Å². The van der Waals surface area contributed by atoms with E-state index in [0.717, 1.165) is 27.7 Å². The molecule has 0 atom stereocenters. The number of para-hydroxylation sites is 1. The molecule has 0 fully saturated rings. The number of aryl methyl sites for hydroxylation is 1. The summed E-state index contributed by atoms with van der Waals surface area (Å²) in [5.41, 5.74) is 9.71. The first-order valence-corrected chi connectivity index (χ1v) is 7.75. The van der Waals surface area contributed by atoms with Crippen LogP contribution in [0.4, 0.5) is 5.82 Å². The number of rotatable bonds is 4. The van der Waals surface area contributed by atoms with Crippen molar-refractivity contribution in [2.45, 2.75) is 13.5 Å². The zero-order chi connectivity index (χ0) is 17.1. The molecule has 0 aliphatic rings. The van der Waals surface area contributed by atoms with Crippen molar-refractivity contribution in [1.82, 2.24) is 14.9 Å². The Morgan fingerprint density at radius 2 is 2.08 bits per heavy atom. The number of likely N-dealkylation sites (N-methyl/N-ethyl adjacent to an activating group) is 1. The Balaban J connectivity index is 1.74. The van der Waals surface area contributed by atoms with Crippen molar-refractivity contribution in [2.24, 2.45) is 0 Å². The predicted molar refractivity (Wildman–Crippen MR) is 97.2 cm³/mol. The quantitative estimate of drug-likeness (QED) is 0.725. The Morgan fingerprint density at radius 3 is 2.83 bits per heavy atom. The highest BCUT2D eigenvalue weighted by Gasteiger charge is 2.12. The van der Waals surface area contributed by atoms with E-state index in [-0.39, 0.29) is 5.91 Å². The minimum atomic E-state index is -0.0588. The predicted octanol–water partition coefficient (Wildman–Crippen LogP) is 3.13. The molecular formula is C19H20N4O. The monoisotopic (exact) mass is 320 g/mol. The van der Waals surface area contributed by atoms with Crippen molar-refractivity contribution in [1.29, 1.82) is 0 Å². The van der Waals surface area contributed by atoms with Gasteiger partial charge in [0, 0.05) is 42.5 Å². The van der Waals surface area contributed by atoms with Crippen LogP contribution in [0.1, 0.15) is 16.8 Å². The second-order valence-corrected chi connectivity index (χ2v) is 5.82. The first-order valence-electron chi connectivity index (χ1n) is 7.75. The fourth-order valence-corrected chi connectivity index (χ4v) is 2.66. The number of amides is 1. The first-order chi connectivity index (χ1) is 11.5. The summed E-state index contributed by atoms with van der Waals surface area (Å²) in [7, 11) is 1.80. The van der Waals surface area contributed by atoms with Gasteiger partial charge in [0.05, 0.1) is 0 Å². The van der Waals surface area contributed by atoms with Crippen LogP contribution < -0.4 is 5.73 Å². The van der Waals surface area contributed by atoms with Gasteiger partial charge in [-0.15, -0.1) is 0 Å². The van der Waals surface area contributed by atoms with Crippen molar-refractivity contribution < 1.29 is 4.79 Å². The molecule has 2 heterocycles. The number of anilines is 1. The molecule has 24 heavy (non-hydrogen) atoms. The number of aromatic nitrogens is 2. The Labute approximate surface area is 140 Å². The Kier molecular flexibility index (Phi) is 4.33. The van der Waals surface area contributed by atoms with Crippen LogP contribution in [0.3, 0.4) is 0 Å². The van der Waals surface area contributed by atoms with Crippen molar-refractivity contribution in [3.05, 3.63) is 65.5 Å². The highest BCUT2D eigenvalue weighted by atomic mass is 16.2. The van der Waals surface area contributed by atoms with E-state index < -0.39 is 0 Å². The van der Waals surface area contributed by atoms with E-state index in [9.17, 15) is 4.79 Å². The highest BCUT2D eigenvalue weighted by molar-refractivity contribution is 5.92. The number of carbonyl (C=O) groups excluding carboxylic acids is 1. The molecule has 1 amide bonds. The summed E-state index contributed by atoms with van der Waals surface area (Å²) < 4.78 is 0. The number of nitrogen functional groups attached to an aromatic ring is 1. The molecule has 0 saturated heterocycles. The van der Waals surface area contributed by atoms with Crippen molar-refractivity contribution >= 4 is 28.7 Å². The molecule has 0 spiro atoms. The number of aromatic amines is 1. The average molecular weight is 320 g/mol. The number of nitrogens with zero attached hydrogens (tertiary/aromatic N) is 2. The fraction of sp³-hybridized carbons (Fsp3) is 0.158. The number of fused-ring (bicyclic) bond motifs is 1. The van der Waals surface area contributed by atoms with Crippen LogP contribution in [-0.2, 0) is 11.3 Å². The zero-order valence-electron chi connectivity index (χ0n) is 13.8. The van der Waals surface area contributed by atoms with Crippen molar-refractivity contribution in [2.75, 3.05) is 12.8 Å². The Morgan fingerprint density at radius 1 is 1.29 bits per heavy atom. The number of hydrogen-bond donors (Lipinski definition) is 2. The largest absolute Gasteiger partial charge is 0.384 e. The van der Waals surface area contributed by atoms with Gasteiger partial charge in [-0.1, -0.05) is 18.2 Å².